The van der Waals surface area contributed by atoms with Crippen LogP contribution < -0.4 is 10.6 Å². The Morgan fingerprint density at radius 1 is 1.42 bits per heavy atom. The van der Waals surface area contributed by atoms with Gasteiger partial charge in [0.25, 0.3) is 0 Å². The first-order chi connectivity index (χ1) is 9.31. The molecule has 0 radical (unpaired) electrons. The van der Waals surface area contributed by atoms with Crippen molar-refractivity contribution >= 4 is 5.97 Å². The predicted molar refractivity (Wildman–Crippen MR) is 74.8 cm³/mol. The zero-order valence-corrected chi connectivity index (χ0v) is 11.4. The van der Waals surface area contributed by atoms with Gasteiger partial charge in [-0.25, -0.2) is 4.79 Å². The van der Waals surface area contributed by atoms with Crippen LogP contribution in [0, 0.1) is 0 Å². The molecule has 0 saturated carbocycles. The molecule has 1 heterocycles. The van der Waals surface area contributed by atoms with Gasteiger partial charge in [0.15, 0.2) is 0 Å². The van der Waals surface area contributed by atoms with E-state index in [1.54, 1.807) is 0 Å². The Morgan fingerprint density at radius 3 is 2.84 bits per heavy atom. The topological polar surface area (TPSA) is 50.4 Å². The van der Waals surface area contributed by atoms with E-state index in [0.717, 1.165) is 25.1 Å². The van der Waals surface area contributed by atoms with Gasteiger partial charge in [0.2, 0.25) is 0 Å². The van der Waals surface area contributed by atoms with E-state index in [4.69, 9.17) is 4.74 Å². The predicted octanol–water partition coefficient (Wildman–Crippen LogP) is 1.63. The second kappa shape index (κ2) is 7.26. The molecule has 0 amide bonds. The molecule has 0 aliphatic carbocycles. The van der Waals surface area contributed by atoms with E-state index >= 15 is 0 Å². The molecule has 2 N–H and O–H groups in total. The Bertz CT molecular complexity index is 388. The highest BCUT2D eigenvalue weighted by Crippen LogP contribution is 2.15. The molecule has 2 rings (SSSR count). The van der Waals surface area contributed by atoms with Crippen molar-refractivity contribution in [1.29, 1.82) is 0 Å². The minimum Gasteiger partial charge on any atom is -0.468 e. The summed E-state index contributed by atoms with van der Waals surface area (Å²) in [5.74, 6) is -0.234. The van der Waals surface area contributed by atoms with Crippen LogP contribution in [-0.2, 0) is 9.53 Å². The number of rotatable bonds is 5. The zero-order valence-electron chi connectivity index (χ0n) is 11.4. The highest BCUT2D eigenvalue weighted by molar-refractivity contribution is 5.77. The third kappa shape index (κ3) is 4.04. The van der Waals surface area contributed by atoms with Crippen LogP contribution >= 0.6 is 0 Å². The third-order valence-electron chi connectivity index (χ3n) is 3.55. The van der Waals surface area contributed by atoms with Gasteiger partial charge in [-0.1, -0.05) is 36.8 Å². The minimum atomic E-state index is -0.380. The van der Waals surface area contributed by atoms with Crippen LogP contribution in [0.5, 0.6) is 0 Å². The molecule has 4 nitrogen and oxygen atoms in total. The first kappa shape index (κ1) is 14.0. The SMILES string of the molecule is COC(=O)C(NCC1CCCCN1)c1ccccc1. The fourth-order valence-corrected chi connectivity index (χ4v) is 2.46. The van der Waals surface area contributed by atoms with E-state index in [9.17, 15) is 4.79 Å². The van der Waals surface area contributed by atoms with Crippen LogP contribution in [-0.4, -0.2) is 32.2 Å². The largest absolute Gasteiger partial charge is 0.468 e. The molecule has 0 aromatic heterocycles. The summed E-state index contributed by atoms with van der Waals surface area (Å²) >= 11 is 0. The number of benzene rings is 1. The molecular formula is C15H22N2O2. The lowest BCUT2D eigenvalue weighted by atomic mass is 10.0. The maximum Gasteiger partial charge on any atom is 0.327 e. The monoisotopic (exact) mass is 262 g/mol. The average Bonchev–Trinajstić information content (AvgIpc) is 2.49. The van der Waals surface area contributed by atoms with E-state index in [-0.39, 0.29) is 12.0 Å². The molecule has 1 fully saturated rings. The van der Waals surface area contributed by atoms with E-state index in [2.05, 4.69) is 10.6 Å². The summed E-state index contributed by atoms with van der Waals surface area (Å²) in [5, 5.41) is 6.79. The second-order valence-corrected chi connectivity index (χ2v) is 4.92. The van der Waals surface area contributed by atoms with Crippen molar-refractivity contribution in [1.82, 2.24) is 10.6 Å². The Labute approximate surface area is 114 Å². The fraction of sp³-hybridized carbons (Fsp3) is 0.533. The Hall–Kier alpha value is -1.39. The van der Waals surface area contributed by atoms with E-state index < -0.39 is 0 Å². The molecule has 1 aliphatic heterocycles. The number of carbonyl (C=O) groups excluding carboxylic acids is 1. The first-order valence-electron chi connectivity index (χ1n) is 6.91. The fourth-order valence-electron chi connectivity index (χ4n) is 2.46. The molecule has 1 aromatic carbocycles. The maximum atomic E-state index is 11.9. The van der Waals surface area contributed by atoms with Crippen LogP contribution in [0.15, 0.2) is 30.3 Å². The number of esters is 1. The van der Waals surface area contributed by atoms with Gasteiger partial charge in [-0.15, -0.1) is 0 Å². The van der Waals surface area contributed by atoms with Crippen molar-refractivity contribution in [2.45, 2.75) is 31.3 Å². The van der Waals surface area contributed by atoms with Gasteiger partial charge < -0.3 is 10.1 Å². The maximum absolute atomic E-state index is 11.9. The van der Waals surface area contributed by atoms with Gasteiger partial charge in [-0.05, 0) is 24.9 Å². The molecule has 0 bridgehead atoms. The summed E-state index contributed by atoms with van der Waals surface area (Å²) in [4.78, 5) is 11.9. The quantitative estimate of drug-likeness (QED) is 0.792. The van der Waals surface area contributed by atoms with Crippen molar-refractivity contribution < 1.29 is 9.53 Å². The summed E-state index contributed by atoms with van der Waals surface area (Å²) in [6.07, 6.45) is 3.67. The van der Waals surface area contributed by atoms with E-state index in [1.165, 1.54) is 20.0 Å². The van der Waals surface area contributed by atoms with Crippen LogP contribution in [0.1, 0.15) is 30.9 Å². The highest BCUT2D eigenvalue weighted by Gasteiger charge is 2.22. The van der Waals surface area contributed by atoms with Gasteiger partial charge in [-0.3, -0.25) is 5.32 Å². The summed E-state index contributed by atoms with van der Waals surface area (Å²) < 4.78 is 4.88. The first-order valence-corrected chi connectivity index (χ1v) is 6.91. The number of carbonyl (C=O) groups is 1. The number of methoxy groups -OCH3 is 1. The van der Waals surface area contributed by atoms with Gasteiger partial charge in [0.1, 0.15) is 6.04 Å². The standard InChI is InChI=1S/C15H22N2O2/c1-19-15(18)14(12-7-3-2-4-8-12)17-11-13-9-5-6-10-16-13/h2-4,7-8,13-14,16-17H,5-6,9-11H2,1H3. The third-order valence-corrected chi connectivity index (χ3v) is 3.55. The zero-order chi connectivity index (χ0) is 13.5. The molecule has 19 heavy (non-hydrogen) atoms. The van der Waals surface area contributed by atoms with Gasteiger partial charge in [0, 0.05) is 12.6 Å². The molecule has 104 valence electrons. The molecule has 1 aromatic rings. The average molecular weight is 262 g/mol. The Balaban J connectivity index is 1.96. The number of nitrogens with one attached hydrogen (secondary N) is 2. The Morgan fingerprint density at radius 2 is 2.21 bits per heavy atom. The van der Waals surface area contributed by atoms with Crippen molar-refractivity contribution in [3.05, 3.63) is 35.9 Å². The Kier molecular flexibility index (Phi) is 5.36. The summed E-state index contributed by atoms with van der Waals surface area (Å²) in [6.45, 7) is 1.86. The van der Waals surface area contributed by atoms with E-state index in [1.807, 2.05) is 30.3 Å². The number of piperidine rings is 1. The van der Waals surface area contributed by atoms with Crippen molar-refractivity contribution in [3.8, 4) is 0 Å². The van der Waals surface area contributed by atoms with Crippen LogP contribution in [0.4, 0.5) is 0 Å². The van der Waals surface area contributed by atoms with E-state index in [0.29, 0.717) is 6.04 Å². The van der Waals surface area contributed by atoms with Crippen LogP contribution in [0.25, 0.3) is 0 Å². The molecular weight excluding hydrogens is 240 g/mol. The van der Waals surface area contributed by atoms with Gasteiger partial charge in [-0.2, -0.15) is 0 Å². The minimum absolute atomic E-state index is 0.234. The lowest BCUT2D eigenvalue weighted by Gasteiger charge is -2.26. The molecule has 2 unspecified atom stereocenters. The van der Waals surface area contributed by atoms with Crippen molar-refractivity contribution in [2.24, 2.45) is 0 Å². The van der Waals surface area contributed by atoms with Gasteiger partial charge >= 0.3 is 5.97 Å². The summed E-state index contributed by atoms with van der Waals surface area (Å²) in [5.41, 5.74) is 0.949. The smallest absolute Gasteiger partial charge is 0.327 e. The van der Waals surface area contributed by atoms with Crippen molar-refractivity contribution in [2.75, 3.05) is 20.2 Å². The van der Waals surface area contributed by atoms with Gasteiger partial charge in [0.05, 0.1) is 7.11 Å². The molecule has 0 spiro atoms. The molecule has 1 aliphatic rings. The number of ether oxygens (including phenoxy) is 1. The second-order valence-electron chi connectivity index (χ2n) is 4.92. The van der Waals surface area contributed by atoms with Crippen LogP contribution in [0.3, 0.4) is 0 Å². The lowest BCUT2D eigenvalue weighted by molar-refractivity contribution is -0.143. The highest BCUT2D eigenvalue weighted by atomic mass is 16.5. The molecule has 2 atom stereocenters. The number of hydrogen-bond donors (Lipinski definition) is 2. The van der Waals surface area contributed by atoms with Crippen LogP contribution in [0.2, 0.25) is 0 Å². The van der Waals surface area contributed by atoms with Crippen molar-refractivity contribution in [3.63, 3.8) is 0 Å². The lowest BCUT2D eigenvalue weighted by Crippen LogP contribution is -2.44. The summed E-state index contributed by atoms with van der Waals surface area (Å²) in [6, 6.07) is 9.78. The molecule has 1 saturated heterocycles. The normalized spacial score (nSPS) is 20.8. The number of hydrogen-bond acceptors (Lipinski definition) is 4. The molecule has 4 heteroatoms. The summed E-state index contributed by atoms with van der Waals surface area (Å²) in [7, 11) is 1.43.